The Labute approximate surface area is 117 Å². The number of aliphatic carboxylic acids is 1. The molecule has 0 aromatic heterocycles. The maximum atomic E-state index is 12.2. The number of nitrogens with zero attached hydrogens (tertiary/aromatic N) is 1. The van der Waals surface area contributed by atoms with Crippen LogP contribution in [0.4, 0.5) is 0 Å². The normalized spacial score (nSPS) is 11.4. The van der Waals surface area contributed by atoms with Gasteiger partial charge in [-0.15, -0.1) is 0 Å². The molecule has 4 nitrogen and oxygen atoms in total. The maximum absolute atomic E-state index is 12.2. The van der Waals surface area contributed by atoms with Crippen LogP contribution in [0.2, 0.25) is 0 Å². The Morgan fingerprint density at radius 2 is 1.58 bits per heavy atom. The zero-order chi connectivity index (χ0) is 14.9. The van der Waals surface area contributed by atoms with E-state index in [1.165, 1.54) is 19.3 Å². The summed E-state index contributed by atoms with van der Waals surface area (Å²) in [6.07, 6.45) is 6.11. The molecule has 0 heterocycles. The summed E-state index contributed by atoms with van der Waals surface area (Å²) in [6, 6.07) is 0. The van der Waals surface area contributed by atoms with Crippen molar-refractivity contribution in [1.29, 1.82) is 0 Å². The number of amides is 1. The standard InChI is InChI=1S/C15H29NO3/c1-5-6-7-8-9-10-13(17)16(15(2,3)4)12-11-14(18)19/h5-12H2,1-4H3,(H,18,19). The number of carbonyl (C=O) groups excluding carboxylic acids is 1. The van der Waals surface area contributed by atoms with Crippen molar-refractivity contribution < 1.29 is 14.7 Å². The second-order valence-corrected chi connectivity index (χ2v) is 6.02. The van der Waals surface area contributed by atoms with Gasteiger partial charge in [-0.3, -0.25) is 9.59 Å². The van der Waals surface area contributed by atoms with Gasteiger partial charge in [-0.25, -0.2) is 0 Å². The van der Waals surface area contributed by atoms with Crippen molar-refractivity contribution in [2.24, 2.45) is 0 Å². The molecule has 112 valence electrons. The van der Waals surface area contributed by atoms with Crippen molar-refractivity contribution in [3.05, 3.63) is 0 Å². The Kier molecular flexibility index (Phi) is 8.44. The number of carboxylic acids is 1. The van der Waals surface area contributed by atoms with Crippen LogP contribution >= 0.6 is 0 Å². The highest BCUT2D eigenvalue weighted by atomic mass is 16.4. The molecule has 0 unspecified atom stereocenters. The van der Waals surface area contributed by atoms with E-state index in [1.807, 2.05) is 20.8 Å². The summed E-state index contributed by atoms with van der Waals surface area (Å²) in [5.74, 6) is -0.782. The van der Waals surface area contributed by atoms with Crippen LogP contribution in [0.25, 0.3) is 0 Å². The first kappa shape index (κ1) is 17.9. The lowest BCUT2D eigenvalue weighted by molar-refractivity contribution is -0.140. The van der Waals surface area contributed by atoms with Crippen molar-refractivity contribution in [2.45, 2.75) is 78.2 Å². The van der Waals surface area contributed by atoms with E-state index in [4.69, 9.17) is 5.11 Å². The molecule has 19 heavy (non-hydrogen) atoms. The van der Waals surface area contributed by atoms with E-state index >= 15 is 0 Å². The molecule has 0 bridgehead atoms. The summed E-state index contributed by atoms with van der Waals surface area (Å²) in [4.78, 5) is 24.5. The lowest BCUT2D eigenvalue weighted by atomic mass is 10.0. The smallest absolute Gasteiger partial charge is 0.305 e. The van der Waals surface area contributed by atoms with Gasteiger partial charge in [0.05, 0.1) is 6.42 Å². The Balaban J connectivity index is 4.20. The zero-order valence-electron chi connectivity index (χ0n) is 12.9. The van der Waals surface area contributed by atoms with Crippen LogP contribution in [0.1, 0.15) is 72.6 Å². The topological polar surface area (TPSA) is 57.6 Å². The Morgan fingerprint density at radius 1 is 1.00 bits per heavy atom. The van der Waals surface area contributed by atoms with Gasteiger partial charge < -0.3 is 10.0 Å². The fourth-order valence-corrected chi connectivity index (χ4v) is 2.06. The monoisotopic (exact) mass is 271 g/mol. The lowest BCUT2D eigenvalue weighted by Crippen LogP contribution is -2.46. The third-order valence-electron chi connectivity index (χ3n) is 3.15. The van der Waals surface area contributed by atoms with E-state index in [1.54, 1.807) is 4.90 Å². The highest BCUT2D eigenvalue weighted by Crippen LogP contribution is 2.17. The van der Waals surface area contributed by atoms with Crippen molar-refractivity contribution in [3.8, 4) is 0 Å². The lowest BCUT2D eigenvalue weighted by Gasteiger charge is -2.35. The van der Waals surface area contributed by atoms with Crippen LogP contribution in [-0.4, -0.2) is 34.0 Å². The second-order valence-electron chi connectivity index (χ2n) is 6.02. The molecular weight excluding hydrogens is 242 g/mol. The number of carboxylic acid groups (broad SMARTS) is 1. The van der Waals surface area contributed by atoms with Crippen molar-refractivity contribution in [1.82, 2.24) is 4.90 Å². The highest BCUT2D eigenvalue weighted by molar-refractivity contribution is 5.77. The predicted molar refractivity (Wildman–Crippen MR) is 77.1 cm³/mol. The summed E-state index contributed by atoms with van der Waals surface area (Å²) in [6.45, 7) is 8.31. The first-order valence-corrected chi connectivity index (χ1v) is 7.31. The van der Waals surface area contributed by atoms with Crippen molar-refractivity contribution >= 4 is 11.9 Å². The molecule has 1 amide bonds. The molecule has 0 atom stereocenters. The molecule has 0 aliphatic heterocycles. The SMILES string of the molecule is CCCCCCCC(=O)N(CCC(=O)O)C(C)(C)C. The number of hydrogen-bond acceptors (Lipinski definition) is 2. The van der Waals surface area contributed by atoms with Gasteiger partial charge in [0.15, 0.2) is 0 Å². The first-order valence-electron chi connectivity index (χ1n) is 7.31. The fourth-order valence-electron chi connectivity index (χ4n) is 2.06. The van der Waals surface area contributed by atoms with Gasteiger partial charge in [-0.1, -0.05) is 32.6 Å². The van der Waals surface area contributed by atoms with Gasteiger partial charge in [0, 0.05) is 18.5 Å². The number of hydrogen-bond donors (Lipinski definition) is 1. The molecule has 0 saturated carbocycles. The molecular formula is C15H29NO3. The average molecular weight is 271 g/mol. The van der Waals surface area contributed by atoms with Gasteiger partial charge in [0.2, 0.25) is 5.91 Å². The van der Waals surface area contributed by atoms with Gasteiger partial charge in [0.1, 0.15) is 0 Å². The average Bonchev–Trinajstić information content (AvgIpc) is 2.26. The second kappa shape index (κ2) is 8.94. The Morgan fingerprint density at radius 3 is 2.05 bits per heavy atom. The van der Waals surface area contributed by atoms with E-state index in [0.717, 1.165) is 12.8 Å². The molecule has 0 rings (SSSR count). The van der Waals surface area contributed by atoms with E-state index < -0.39 is 5.97 Å². The summed E-state index contributed by atoms with van der Waals surface area (Å²) < 4.78 is 0. The fraction of sp³-hybridized carbons (Fsp3) is 0.867. The van der Waals surface area contributed by atoms with Gasteiger partial charge in [-0.2, -0.15) is 0 Å². The number of unbranched alkanes of at least 4 members (excludes halogenated alkanes) is 4. The van der Waals surface area contributed by atoms with Crippen LogP contribution in [0.15, 0.2) is 0 Å². The molecule has 0 aliphatic rings. The Bertz CT molecular complexity index is 282. The van der Waals surface area contributed by atoms with Crippen LogP contribution in [0.3, 0.4) is 0 Å². The summed E-state index contributed by atoms with van der Waals surface area (Å²) in [5, 5.41) is 8.75. The molecule has 4 heteroatoms. The minimum atomic E-state index is -0.856. The van der Waals surface area contributed by atoms with E-state index in [-0.39, 0.29) is 17.9 Å². The minimum absolute atomic E-state index is 0.0127. The molecule has 0 saturated heterocycles. The maximum Gasteiger partial charge on any atom is 0.305 e. The molecule has 0 aromatic rings. The molecule has 0 fully saturated rings. The Hall–Kier alpha value is -1.06. The number of carbonyl (C=O) groups is 2. The van der Waals surface area contributed by atoms with Gasteiger partial charge in [0.25, 0.3) is 0 Å². The quantitative estimate of drug-likeness (QED) is 0.653. The van der Waals surface area contributed by atoms with Crippen LogP contribution in [-0.2, 0) is 9.59 Å². The molecule has 0 radical (unpaired) electrons. The summed E-state index contributed by atoms with van der Waals surface area (Å²) in [7, 11) is 0. The molecule has 0 aliphatic carbocycles. The number of rotatable bonds is 9. The molecule has 0 aromatic carbocycles. The van der Waals surface area contributed by atoms with E-state index in [0.29, 0.717) is 13.0 Å². The molecule has 0 spiro atoms. The third kappa shape index (κ3) is 8.62. The van der Waals surface area contributed by atoms with Gasteiger partial charge in [-0.05, 0) is 27.2 Å². The van der Waals surface area contributed by atoms with Crippen molar-refractivity contribution in [3.63, 3.8) is 0 Å². The van der Waals surface area contributed by atoms with Crippen LogP contribution in [0.5, 0.6) is 0 Å². The van der Waals surface area contributed by atoms with E-state index in [9.17, 15) is 9.59 Å². The zero-order valence-corrected chi connectivity index (χ0v) is 12.9. The highest BCUT2D eigenvalue weighted by Gasteiger charge is 2.26. The largest absolute Gasteiger partial charge is 0.481 e. The van der Waals surface area contributed by atoms with Crippen LogP contribution in [0, 0.1) is 0 Å². The first-order chi connectivity index (χ1) is 8.79. The molecule has 1 N–H and O–H groups in total. The predicted octanol–water partition coefficient (Wildman–Crippen LogP) is 3.45. The summed E-state index contributed by atoms with van der Waals surface area (Å²) in [5.41, 5.74) is -0.310. The van der Waals surface area contributed by atoms with Gasteiger partial charge >= 0.3 is 5.97 Å². The van der Waals surface area contributed by atoms with Crippen LogP contribution < -0.4 is 0 Å². The minimum Gasteiger partial charge on any atom is -0.481 e. The third-order valence-corrected chi connectivity index (χ3v) is 3.15. The van der Waals surface area contributed by atoms with E-state index in [2.05, 4.69) is 6.92 Å². The van der Waals surface area contributed by atoms with Crippen molar-refractivity contribution in [2.75, 3.05) is 6.54 Å². The summed E-state index contributed by atoms with van der Waals surface area (Å²) >= 11 is 0.